The van der Waals surface area contributed by atoms with Gasteiger partial charge in [-0.2, -0.15) is 0 Å². The standard InChI is InChI=1S/C18H22N4OS/c23-17(19-14-10-11-14)16(13-7-3-1-4-8-13)24-18-21-20-15-9-5-2-6-12-22(15)18/h1,3-4,7-8,14,16H,2,5-6,9-12H2,(H,19,23)/t16-/m1/s1. The van der Waals surface area contributed by atoms with Crippen molar-refractivity contribution >= 4 is 17.7 Å². The number of carbonyl (C=O) groups excluding carboxylic acids is 1. The minimum absolute atomic E-state index is 0.0830. The number of rotatable bonds is 5. The van der Waals surface area contributed by atoms with Crippen molar-refractivity contribution in [1.82, 2.24) is 20.1 Å². The van der Waals surface area contributed by atoms with Crippen molar-refractivity contribution in [3.05, 3.63) is 41.7 Å². The van der Waals surface area contributed by atoms with Crippen LogP contribution in [-0.4, -0.2) is 26.7 Å². The number of nitrogens with zero attached hydrogens (tertiary/aromatic N) is 3. The summed E-state index contributed by atoms with van der Waals surface area (Å²) in [5.74, 6) is 1.14. The third-order valence-electron chi connectivity index (χ3n) is 4.56. The van der Waals surface area contributed by atoms with Gasteiger partial charge >= 0.3 is 0 Å². The molecule has 0 bridgehead atoms. The Morgan fingerprint density at radius 2 is 2.00 bits per heavy atom. The number of carbonyl (C=O) groups is 1. The first-order valence-electron chi connectivity index (χ1n) is 8.75. The highest BCUT2D eigenvalue weighted by Gasteiger charge is 2.30. The Labute approximate surface area is 146 Å². The first-order valence-corrected chi connectivity index (χ1v) is 9.63. The van der Waals surface area contributed by atoms with E-state index in [1.165, 1.54) is 24.6 Å². The summed E-state index contributed by atoms with van der Waals surface area (Å²) in [6.45, 7) is 0.955. The zero-order chi connectivity index (χ0) is 16.4. The Kier molecular flexibility index (Phi) is 4.56. The maximum Gasteiger partial charge on any atom is 0.238 e. The van der Waals surface area contributed by atoms with Crippen molar-refractivity contribution in [3.63, 3.8) is 0 Å². The summed E-state index contributed by atoms with van der Waals surface area (Å²) in [6.07, 6.45) is 6.74. The Hall–Kier alpha value is -1.82. The van der Waals surface area contributed by atoms with Crippen molar-refractivity contribution in [2.75, 3.05) is 0 Å². The number of aromatic nitrogens is 3. The summed E-state index contributed by atoms with van der Waals surface area (Å²) < 4.78 is 2.21. The summed E-state index contributed by atoms with van der Waals surface area (Å²) in [5.41, 5.74) is 1.02. The SMILES string of the molecule is O=C(NC1CC1)[C@H](Sc1nnc2n1CCCCC2)c1ccccc1. The molecule has 2 aliphatic rings. The van der Waals surface area contributed by atoms with Crippen molar-refractivity contribution in [2.45, 2.75) is 61.5 Å². The monoisotopic (exact) mass is 342 g/mol. The molecule has 1 aromatic carbocycles. The fourth-order valence-electron chi connectivity index (χ4n) is 3.06. The molecule has 24 heavy (non-hydrogen) atoms. The molecule has 1 aliphatic carbocycles. The van der Waals surface area contributed by atoms with Crippen molar-refractivity contribution < 1.29 is 4.79 Å². The van der Waals surface area contributed by atoms with Crippen molar-refractivity contribution in [2.24, 2.45) is 0 Å². The van der Waals surface area contributed by atoms with E-state index in [-0.39, 0.29) is 11.2 Å². The van der Waals surface area contributed by atoms with Gasteiger partial charge < -0.3 is 9.88 Å². The Balaban J connectivity index is 1.59. The summed E-state index contributed by atoms with van der Waals surface area (Å²) in [4.78, 5) is 12.8. The summed E-state index contributed by atoms with van der Waals surface area (Å²) >= 11 is 1.53. The van der Waals surface area contributed by atoms with E-state index in [1.807, 2.05) is 30.3 Å². The molecule has 0 radical (unpaired) electrons. The van der Waals surface area contributed by atoms with Gasteiger partial charge in [-0.3, -0.25) is 4.79 Å². The molecule has 6 heteroatoms. The van der Waals surface area contributed by atoms with Gasteiger partial charge in [-0.05, 0) is 31.2 Å². The Morgan fingerprint density at radius 3 is 2.79 bits per heavy atom. The zero-order valence-corrected chi connectivity index (χ0v) is 14.5. The molecule has 1 N–H and O–H groups in total. The molecule has 4 rings (SSSR count). The van der Waals surface area contributed by atoms with E-state index in [2.05, 4.69) is 20.1 Å². The quantitative estimate of drug-likeness (QED) is 0.848. The van der Waals surface area contributed by atoms with Gasteiger partial charge in [-0.15, -0.1) is 10.2 Å². The number of thioether (sulfide) groups is 1. The van der Waals surface area contributed by atoms with Gasteiger partial charge in [0.1, 0.15) is 11.1 Å². The number of nitrogens with one attached hydrogen (secondary N) is 1. The van der Waals surface area contributed by atoms with Gasteiger partial charge in [0.05, 0.1) is 0 Å². The Morgan fingerprint density at radius 1 is 1.17 bits per heavy atom. The molecule has 2 heterocycles. The molecular weight excluding hydrogens is 320 g/mol. The van der Waals surface area contributed by atoms with Crippen LogP contribution in [0.15, 0.2) is 35.5 Å². The van der Waals surface area contributed by atoms with Crippen molar-refractivity contribution in [3.8, 4) is 0 Å². The van der Waals surface area contributed by atoms with Gasteiger partial charge in [0, 0.05) is 19.0 Å². The molecule has 1 aliphatic heterocycles. The minimum atomic E-state index is -0.275. The highest BCUT2D eigenvalue weighted by Crippen LogP contribution is 2.36. The van der Waals surface area contributed by atoms with E-state index in [1.54, 1.807) is 0 Å². The number of amides is 1. The topological polar surface area (TPSA) is 59.8 Å². The van der Waals surface area contributed by atoms with Crippen LogP contribution in [0.5, 0.6) is 0 Å². The number of fused-ring (bicyclic) bond motifs is 1. The van der Waals surface area contributed by atoms with Crippen LogP contribution in [0.25, 0.3) is 0 Å². The smallest absolute Gasteiger partial charge is 0.238 e. The van der Waals surface area contributed by atoms with Crippen molar-refractivity contribution in [1.29, 1.82) is 0 Å². The van der Waals surface area contributed by atoms with Crippen LogP contribution < -0.4 is 5.32 Å². The molecule has 5 nitrogen and oxygen atoms in total. The molecule has 1 amide bonds. The number of hydrogen-bond acceptors (Lipinski definition) is 4. The summed E-state index contributed by atoms with van der Waals surface area (Å²) in [7, 11) is 0. The molecule has 0 saturated heterocycles. The van der Waals surface area contributed by atoms with Gasteiger partial charge in [0.25, 0.3) is 0 Å². The van der Waals surface area contributed by atoms with Gasteiger partial charge in [0.15, 0.2) is 5.16 Å². The predicted octanol–water partition coefficient (Wildman–Crippen LogP) is 3.12. The third kappa shape index (κ3) is 3.48. The molecule has 1 aromatic heterocycles. The van der Waals surface area contributed by atoms with E-state index in [0.29, 0.717) is 6.04 Å². The third-order valence-corrected chi connectivity index (χ3v) is 5.80. The molecular formula is C18H22N4OS. The van der Waals surface area contributed by atoms with E-state index in [4.69, 9.17) is 0 Å². The largest absolute Gasteiger partial charge is 0.352 e. The highest BCUT2D eigenvalue weighted by molar-refractivity contribution is 8.00. The van der Waals surface area contributed by atoms with Crippen LogP contribution in [0.3, 0.4) is 0 Å². The fourth-order valence-corrected chi connectivity index (χ4v) is 4.15. The molecule has 126 valence electrons. The molecule has 0 spiro atoms. The fraction of sp³-hybridized carbons (Fsp3) is 0.500. The molecule has 1 fully saturated rings. The molecule has 2 aromatic rings. The number of hydrogen-bond donors (Lipinski definition) is 1. The van der Waals surface area contributed by atoms with Crippen LogP contribution in [0.1, 0.15) is 48.7 Å². The lowest BCUT2D eigenvalue weighted by molar-refractivity contribution is -0.120. The lowest BCUT2D eigenvalue weighted by Crippen LogP contribution is -2.30. The highest BCUT2D eigenvalue weighted by atomic mass is 32.2. The second-order valence-corrected chi connectivity index (χ2v) is 7.62. The molecule has 0 unspecified atom stereocenters. The van der Waals surface area contributed by atoms with Gasteiger partial charge in [-0.25, -0.2) is 0 Å². The van der Waals surface area contributed by atoms with Crippen LogP contribution >= 0.6 is 11.8 Å². The molecule has 1 atom stereocenters. The first kappa shape index (κ1) is 15.7. The average Bonchev–Trinajstić information content (AvgIpc) is 3.38. The zero-order valence-electron chi connectivity index (χ0n) is 13.6. The molecule has 1 saturated carbocycles. The Bertz CT molecular complexity index is 711. The summed E-state index contributed by atoms with van der Waals surface area (Å²) in [5, 5.41) is 12.5. The predicted molar refractivity (Wildman–Crippen MR) is 93.8 cm³/mol. The lowest BCUT2D eigenvalue weighted by Gasteiger charge is -2.17. The number of benzene rings is 1. The van der Waals surface area contributed by atoms with E-state index in [9.17, 15) is 4.79 Å². The first-order chi connectivity index (χ1) is 11.8. The van der Waals surface area contributed by atoms with E-state index >= 15 is 0 Å². The van der Waals surface area contributed by atoms with Gasteiger partial charge in [-0.1, -0.05) is 48.5 Å². The lowest BCUT2D eigenvalue weighted by atomic mass is 10.1. The van der Waals surface area contributed by atoms with E-state index in [0.717, 1.165) is 48.8 Å². The second-order valence-electron chi connectivity index (χ2n) is 6.55. The second kappa shape index (κ2) is 6.97. The average molecular weight is 342 g/mol. The van der Waals surface area contributed by atoms with Gasteiger partial charge in [0.2, 0.25) is 5.91 Å². The maximum atomic E-state index is 12.8. The van der Waals surface area contributed by atoms with E-state index < -0.39 is 0 Å². The normalized spacial score (nSPS) is 18.5. The number of aryl methyl sites for hydroxylation is 1. The van der Waals surface area contributed by atoms with Crippen LogP contribution in [0.2, 0.25) is 0 Å². The maximum absolute atomic E-state index is 12.8. The van der Waals surface area contributed by atoms with Crippen LogP contribution in [-0.2, 0) is 17.8 Å². The minimum Gasteiger partial charge on any atom is -0.352 e. The van der Waals surface area contributed by atoms with Crippen LogP contribution in [0.4, 0.5) is 0 Å². The van der Waals surface area contributed by atoms with Crippen LogP contribution in [0, 0.1) is 0 Å². The summed E-state index contributed by atoms with van der Waals surface area (Å²) in [6, 6.07) is 10.3.